The van der Waals surface area contributed by atoms with Crippen LogP contribution in [-0.4, -0.2) is 31.4 Å². The van der Waals surface area contributed by atoms with Crippen molar-refractivity contribution in [2.24, 2.45) is 0 Å². The van der Waals surface area contributed by atoms with Crippen LogP contribution in [0.25, 0.3) is 22.2 Å². The van der Waals surface area contributed by atoms with Gasteiger partial charge in [-0.3, -0.25) is 4.72 Å². The second kappa shape index (κ2) is 11.8. The number of sulfone groups is 1. The van der Waals surface area contributed by atoms with Crippen molar-refractivity contribution in [3.8, 4) is 0 Å². The Morgan fingerprint density at radius 2 is 1.23 bits per heavy atom. The predicted octanol–water partition coefficient (Wildman–Crippen LogP) is 6.58. The first-order valence-corrected chi connectivity index (χ1v) is 16.5. The fraction of sp³-hybridized carbons (Fsp3) is 0.267. The molecule has 0 aliphatic carbocycles. The van der Waals surface area contributed by atoms with Gasteiger partial charge in [0.15, 0.2) is 5.65 Å². The first-order chi connectivity index (χ1) is 19.3. The molecule has 0 aliphatic rings. The predicted molar refractivity (Wildman–Crippen MR) is 158 cm³/mol. The van der Waals surface area contributed by atoms with E-state index in [0.29, 0.717) is 23.2 Å². The van der Waals surface area contributed by atoms with Gasteiger partial charge in [-0.25, -0.2) is 26.8 Å². The van der Waals surface area contributed by atoms with Crippen molar-refractivity contribution in [1.82, 2.24) is 14.5 Å². The summed E-state index contributed by atoms with van der Waals surface area (Å²) in [6, 6.07) is 23.1. The van der Waals surface area contributed by atoms with Gasteiger partial charge in [0.25, 0.3) is 10.0 Å². The highest BCUT2D eigenvalue weighted by Gasteiger charge is 2.33. The normalized spacial score (nSPS) is 12.2. The van der Waals surface area contributed by atoms with E-state index >= 15 is 0 Å². The van der Waals surface area contributed by atoms with Gasteiger partial charge in [0.1, 0.15) is 16.2 Å². The number of fused-ring (bicyclic) bond motifs is 2. The zero-order chi connectivity index (χ0) is 28.2. The number of benzene rings is 3. The van der Waals surface area contributed by atoms with Gasteiger partial charge in [0, 0.05) is 6.54 Å². The van der Waals surface area contributed by atoms with Crippen LogP contribution in [0, 0.1) is 0 Å². The summed E-state index contributed by atoms with van der Waals surface area (Å²) in [6.07, 6.45) is 6.11. The molecule has 5 rings (SSSR count). The van der Waals surface area contributed by atoms with E-state index in [0.717, 1.165) is 38.5 Å². The summed E-state index contributed by atoms with van der Waals surface area (Å²) < 4.78 is 59.8. The van der Waals surface area contributed by atoms with Gasteiger partial charge in [-0.15, -0.1) is 0 Å². The minimum atomic E-state index is -4.19. The summed E-state index contributed by atoms with van der Waals surface area (Å²) >= 11 is 0. The Hall–Kier alpha value is -3.76. The third kappa shape index (κ3) is 5.59. The monoisotopic (exact) mass is 576 g/mol. The molecule has 8 nitrogen and oxygen atoms in total. The molecule has 0 atom stereocenters. The van der Waals surface area contributed by atoms with Gasteiger partial charge in [-0.2, -0.15) is 0 Å². The van der Waals surface area contributed by atoms with Crippen LogP contribution in [0.4, 0.5) is 5.82 Å². The lowest BCUT2D eigenvalue weighted by Gasteiger charge is -2.14. The number of nitrogens with zero attached hydrogens (tertiary/aromatic N) is 3. The summed E-state index contributed by atoms with van der Waals surface area (Å²) in [4.78, 5) is 9.40. The van der Waals surface area contributed by atoms with Crippen LogP contribution in [-0.2, 0) is 26.4 Å². The van der Waals surface area contributed by atoms with Crippen molar-refractivity contribution in [1.29, 1.82) is 0 Å². The molecule has 208 valence electrons. The number of aryl methyl sites for hydroxylation is 1. The van der Waals surface area contributed by atoms with Crippen LogP contribution in [0.3, 0.4) is 0 Å². The molecule has 2 aromatic heterocycles. The first-order valence-electron chi connectivity index (χ1n) is 13.5. The van der Waals surface area contributed by atoms with E-state index in [1.54, 1.807) is 53.1 Å². The third-order valence-corrected chi connectivity index (χ3v) is 10.0. The molecular weight excluding hydrogens is 544 g/mol. The molecule has 10 heteroatoms. The number of nitrogens with one attached hydrogen (secondary N) is 1. The minimum absolute atomic E-state index is 0.0283. The number of para-hydroxylation sites is 2. The van der Waals surface area contributed by atoms with Crippen LogP contribution in [0.1, 0.15) is 45.4 Å². The number of hydrogen-bond acceptors (Lipinski definition) is 6. The highest BCUT2D eigenvalue weighted by molar-refractivity contribution is 7.93. The van der Waals surface area contributed by atoms with Crippen molar-refractivity contribution < 1.29 is 16.8 Å². The standard InChI is InChI=1S/C30H32N4O4S2/c1-2-3-4-5-6-15-22-34-29-27(31-25-20-13-14-21-26(25)32-29)28(39(35,36)23-16-9-7-10-17-23)30(34)33-40(37,38)24-18-11-8-12-19-24/h7-14,16-21,33H,2-6,15,22H2,1H3. The molecule has 5 aromatic rings. The molecule has 0 fully saturated rings. The zero-order valence-corrected chi connectivity index (χ0v) is 24.0. The lowest BCUT2D eigenvalue weighted by atomic mass is 10.1. The number of anilines is 1. The molecule has 0 saturated carbocycles. The highest BCUT2D eigenvalue weighted by atomic mass is 32.2. The maximum atomic E-state index is 14.2. The number of unbranched alkanes of at least 4 members (excludes halogenated alkanes) is 5. The van der Waals surface area contributed by atoms with E-state index in [4.69, 9.17) is 9.97 Å². The molecule has 0 amide bonds. The number of hydrogen-bond donors (Lipinski definition) is 1. The molecule has 0 unspecified atom stereocenters. The van der Waals surface area contributed by atoms with Gasteiger partial charge in [-0.1, -0.05) is 87.6 Å². The van der Waals surface area contributed by atoms with Crippen LogP contribution >= 0.6 is 0 Å². The van der Waals surface area contributed by atoms with Gasteiger partial charge in [0.05, 0.1) is 20.8 Å². The third-order valence-electron chi connectivity index (χ3n) is 6.85. The molecule has 3 aromatic carbocycles. The summed E-state index contributed by atoms with van der Waals surface area (Å²) in [5, 5.41) is 0. The average Bonchev–Trinajstić information content (AvgIpc) is 3.26. The van der Waals surface area contributed by atoms with Crippen LogP contribution in [0.5, 0.6) is 0 Å². The summed E-state index contributed by atoms with van der Waals surface area (Å²) in [5.74, 6) is -0.0495. The van der Waals surface area contributed by atoms with E-state index in [-0.39, 0.29) is 26.0 Å². The molecule has 0 bridgehead atoms. The van der Waals surface area contributed by atoms with Crippen molar-refractivity contribution in [2.75, 3.05) is 4.72 Å². The van der Waals surface area contributed by atoms with E-state index in [9.17, 15) is 16.8 Å². The van der Waals surface area contributed by atoms with Crippen molar-refractivity contribution in [3.05, 3.63) is 84.9 Å². The summed E-state index contributed by atoms with van der Waals surface area (Å²) in [7, 11) is -8.32. The molecule has 0 spiro atoms. The van der Waals surface area contributed by atoms with Crippen molar-refractivity contribution >= 4 is 47.9 Å². The SMILES string of the molecule is CCCCCCCCn1c(NS(=O)(=O)c2ccccc2)c(S(=O)(=O)c2ccccc2)c2nc3ccccc3nc21. The van der Waals surface area contributed by atoms with Gasteiger partial charge in [0.2, 0.25) is 9.84 Å². The Bertz CT molecular complexity index is 1840. The average molecular weight is 577 g/mol. The minimum Gasteiger partial charge on any atom is -0.309 e. The maximum Gasteiger partial charge on any atom is 0.263 e. The Balaban J connectivity index is 1.74. The van der Waals surface area contributed by atoms with Crippen LogP contribution in [0.15, 0.2) is 99.6 Å². The van der Waals surface area contributed by atoms with Crippen molar-refractivity contribution in [2.45, 2.75) is 66.7 Å². The second-order valence-electron chi connectivity index (χ2n) is 9.72. The van der Waals surface area contributed by atoms with Crippen LogP contribution in [0.2, 0.25) is 0 Å². The quantitative estimate of drug-likeness (QED) is 0.168. The molecule has 0 saturated heterocycles. The topological polar surface area (TPSA) is 111 Å². The molecule has 2 heterocycles. The molecule has 1 N–H and O–H groups in total. The summed E-state index contributed by atoms with van der Waals surface area (Å²) in [6.45, 7) is 2.54. The molecule has 40 heavy (non-hydrogen) atoms. The largest absolute Gasteiger partial charge is 0.309 e. The Kier molecular flexibility index (Phi) is 8.18. The smallest absolute Gasteiger partial charge is 0.263 e. The molecular formula is C30H32N4O4S2. The number of rotatable bonds is 12. The van der Waals surface area contributed by atoms with Gasteiger partial charge >= 0.3 is 0 Å². The Morgan fingerprint density at radius 3 is 1.88 bits per heavy atom. The Labute approximate surface area is 235 Å². The molecule has 0 radical (unpaired) electrons. The Morgan fingerprint density at radius 1 is 0.675 bits per heavy atom. The fourth-order valence-corrected chi connectivity index (χ4v) is 7.52. The first kappa shape index (κ1) is 27.8. The summed E-state index contributed by atoms with van der Waals surface area (Å²) in [5.41, 5.74) is 1.58. The van der Waals surface area contributed by atoms with Crippen molar-refractivity contribution in [3.63, 3.8) is 0 Å². The molecule has 0 aliphatic heterocycles. The lowest BCUT2D eigenvalue weighted by molar-refractivity contribution is 0.564. The van der Waals surface area contributed by atoms with E-state index in [2.05, 4.69) is 11.6 Å². The highest BCUT2D eigenvalue weighted by Crippen LogP contribution is 2.38. The second-order valence-corrected chi connectivity index (χ2v) is 13.3. The van der Waals surface area contributed by atoms with E-state index in [1.165, 1.54) is 24.3 Å². The number of aromatic nitrogens is 3. The zero-order valence-electron chi connectivity index (χ0n) is 22.3. The van der Waals surface area contributed by atoms with E-state index < -0.39 is 19.9 Å². The number of sulfonamides is 1. The van der Waals surface area contributed by atoms with Crippen LogP contribution < -0.4 is 4.72 Å². The van der Waals surface area contributed by atoms with Gasteiger partial charge < -0.3 is 4.57 Å². The van der Waals surface area contributed by atoms with E-state index in [1.807, 2.05) is 12.1 Å². The van der Waals surface area contributed by atoms with Gasteiger partial charge in [-0.05, 0) is 42.8 Å². The maximum absolute atomic E-state index is 14.2. The fourth-order valence-electron chi connectivity index (χ4n) is 4.80. The lowest BCUT2D eigenvalue weighted by Crippen LogP contribution is -2.18.